The molecule has 0 atom stereocenters. The van der Waals surface area contributed by atoms with Gasteiger partial charge in [0.1, 0.15) is 0 Å². The largest absolute Gasteiger partial charge is 0.450 e. The Morgan fingerprint density at radius 1 is 1.46 bits per heavy atom. The van der Waals surface area contributed by atoms with Crippen molar-refractivity contribution in [1.29, 1.82) is 0 Å². The van der Waals surface area contributed by atoms with Gasteiger partial charge in [0.2, 0.25) is 0 Å². The minimum absolute atomic E-state index is 0.387. The summed E-state index contributed by atoms with van der Waals surface area (Å²) in [5.74, 6) is 0. The van der Waals surface area contributed by atoms with E-state index in [0.717, 1.165) is 11.3 Å². The molecule has 13 heavy (non-hydrogen) atoms. The van der Waals surface area contributed by atoms with Gasteiger partial charge in [-0.05, 0) is 25.5 Å². The number of para-hydroxylation sites is 1. The first-order valence-corrected chi connectivity index (χ1v) is 4.23. The highest BCUT2D eigenvalue weighted by Gasteiger charge is 2.02. The molecule has 1 aromatic rings. The third-order valence-electron chi connectivity index (χ3n) is 1.66. The maximum Gasteiger partial charge on any atom is 0.411 e. The van der Waals surface area contributed by atoms with Gasteiger partial charge in [0.05, 0.1) is 6.61 Å². The second kappa shape index (κ2) is 4.50. The number of rotatable bonds is 2. The molecule has 0 saturated carbocycles. The van der Waals surface area contributed by atoms with E-state index in [2.05, 4.69) is 5.32 Å². The molecule has 0 aliphatic carbocycles. The molecule has 0 spiro atoms. The zero-order valence-corrected chi connectivity index (χ0v) is 7.83. The van der Waals surface area contributed by atoms with Gasteiger partial charge in [0, 0.05) is 5.69 Å². The predicted molar refractivity (Wildman–Crippen MR) is 51.8 cm³/mol. The summed E-state index contributed by atoms with van der Waals surface area (Å²) in [6.07, 6.45) is -0.406. The second-order valence-electron chi connectivity index (χ2n) is 2.66. The summed E-state index contributed by atoms with van der Waals surface area (Å²) >= 11 is 0. The molecule has 0 fully saturated rings. The van der Waals surface area contributed by atoms with Crippen LogP contribution in [-0.4, -0.2) is 12.7 Å². The lowest BCUT2D eigenvalue weighted by Crippen LogP contribution is -2.13. The van der Waals surface area contributed by atoms with E-state index in [-0.39, 0.29) is 0 Å². The Balaban J connectivity index is 2.63. The van der Waals surface area contributed by atoms with Gasteiger partial charge in [-0.1, -0.05) is 18.2 Å². The molecule has 1 N–H and O–H groups in total. The van der Waals surface area contributed by atoms with Crippen molar-refractivity contribution in [3.05, 3.63) is 29.8 Å². The van der Waals surface area contributed by atoms with E-state index in [4.69, 9.17) is 4.74 Å². The van der Waals surface area contributed by atoms with E-state index in [1.54, 1.807) is 6.92 Å². The molecule has 0 radical (unpaired) electrons. The minimum Gasteiger partial charge on any atom is -0.450 e. The van der Waals surface area contributed by atoms with E-state index in [0.29, 0.717) is 6.61 Å². The number of carbonyl (C=O) groups is 1. The van der Waals surface area contributed by atoms with Crippen LogP contribution in [0.5, 0.6) is 0 Å². The Morgan fingerprint density at radius 2 is 2.15 bits per heavy atom. The third kappa shape index (κ3) is 2.78. The lowest BCUT2D eigenvalue weighted by atomic mass is 10.2. The lowest BCUT2D eigenvalue weighted by molar-refractivity contribution is 0.168. The monoisotopic (exact) mass is 179 g/mol. The fourth-order valence-corrected chi connectivity index (χ4v) is 0.990. The van der Waals surface area contributed by atoms with Gasteiger partial charge in [0.15, 0.2) is 0 Å². The van der Waals surface area contributed by atoms with Crippen molar-refractivity contribution in [1.82, 2.24) is 0 Å². The van der Waals surface area contributed by atoms with Crippen molar-refractivity contribution >= 4 is 11.8 Å². The van der Waals surface area contributed by atoms with Crippen LogP contribution in [0.25, 0.3) is 0 Å². The van der Waals surface area contributed by atoms with Gasteiger partial charge in [-0.15, -0.1) is 0 Å². The van der Waals surface area contributed by atoms with Gasteiger partial charge in [-0.3, -0.25) is 5.32 Å². The molecule has 3 heteroatoms. The number of hydrogen-bond donors (Lipinski definition) is 1. The molecule has 1 rings (SSSR count). The number of nitrogens with one attached hydrogen (secondary N) is 1. The third-order valence-corrected chi connectivity index (χ3v) is 1.66. The van der Waals surface area contributed by atoms with Crippen molar-refractivity contribution in [2.45, 2.75) is 13.8 Å². The topological polar surface area (TPSA) is 38.3 Å². The average molecular weight is 179 g/mol. The number of ether oxygens (including phenoxy) is 1. The first kappa shape index (κ1) is 9.58. The highest BCUT2D eigenvalue weighted by atomic mass is 16.5. The van der Waals surface area contributed by atoms with Crippen molar-refractivity contribution in [3.63, 3.8) is 0 Å². The number of carbonyl (C=O) groups excluding carboxylic acids is 1. The standard InChI is InChI=1S/C10H13NO2/c1-3-13-10(12)11-9-7-5-4-6-8(9)2/h4-7H,3H2,1-2H3,(H,11,12). The molecular formula is C10H13NO2. The second-order valence-corrected chi connectivity index (χ2v) is 2.66. The molecule has 1 amide bonds. The van der Waals surface area contributed by atoms with Gasteiger partial charge < -0.3 is 4.74 Å². The molecular weight excluding hydrogens is 166 g/mol. The summed E-state index contributed by atoms with van der Waals surface area (Å²) in [6, 6.07) is 7.56. The molecule has 0 bridgehead atoms. The molecule has 0 unspecified atom stereocenters. The van der Waals surface area contributed by atoms with E-state index < -0.39 is 6.09 Å². The molecule has 3 nitrogen and oxygen atoms in total. The Hall–Kier alpha value is -1.51. The Kier molecular flexibility index (Phi) is 3.31. The summed E-state index contributed by atoms with van der Waals surface area (Å²) in [5.41, 5.74) is 1.82. The zero-order chi connectivity index (χ0) is 9.68. The quantitative estimate of drug-likeness (QED) is 0.757. The Morgan fingerprint density at radius 3 is 2.77 bits per heavy atom. The van der Waals surface area contributed by atoms with Gasteiger partial charge in [0.25, 0.3) is 0 Å². The fraction of sp³-hybridized carbons (Fsp3) is 0.300. The van der Waals surface area contributed by atoms with Crippen LogP contribution in [0.1, 0.15) is 12.5 Å². The van der Waals surface area contributed by atoms with Crippen LogP contribution >= 0.6 is 0 Å². The van der Waals surface area contributed by atoms with E-state index >= 15 is 0 Å². The van der Waals surface area contributed by atoms with Crippen LogP contribution in [0.4, 0.5) is 10.5 Å². The van der Waals surface area contributed by atoms with Crippen LogP contribution in [0.2, 0.25) is 0 Å². The van der Waals surface area contributed by atoms with E-state index in [1.807, 2.05) is 31.2 Å². The maximum atomic E-state index is 11.0. The number of benzene rings is 1. The van der Waals surface area contributed by atoms with E-state index in [9.17, 15) is 4.79 Å². The normalized spacial score (nSPS) is 9.38. The molecule has 0 aliphatic heterocycles. The first-order chi connectivity index (χ1) is 6.24. The number of amides is 1. The number of aryl methyl sites for hydroxylation is 1. The highest BCUT2D eigenvalue weighted by molar-refractivity contribution is 5.85. The van der Waals surface area contributed by atoms with Gasteiger partial charge >= 0.3 is 6.09 Å². The number of hydrogen-bond acceptors (Lipinski definition) is 2. The zero-order valence-electron chi connectivity index (χ0n) is 7.83. The number of anilines is 1. The van der Waals surface area contributed by atoms with Crippen molar-refractivity contribution in [2.24, 2.45) is 0 Å². The molecule has 70 valence electrons. The molecule has 1 aromatic carbocycles. The SMILES string of the molecule is CCOC(=O)Nc1ccccc1C. The van der Waals surface area contributed by atoms with E-state index in [1.165, 1.54) is 0 Å². The van der Waals surface area contributed by atoms with Gasteiger partial charge in [-0.25, -0.2) is 4.79 Å². The van der Waals surface area contributed by atoms with Gasteiger partial charge in [-0.2, -0.15) is 0 Å². The summed E-state index contributed by atoms with van der Waals surface area (Å²) in [6.45, 7) is 4.09. The average Bonchev–Trinajstić information content (AvgIpc) is 2.09. The minimum atomic E-state index is -0.406. The van der Waals surface area contributed by atoms with Crippen LogP contribution in [0.15, 0.2) is 24.3 Å². The summed E-state index contributed by atoms with van der Waals surface area (Å²) in [7, 11) is 0. The van der Waals surface area contributed by atoms with Crippen molar-refractivity contribution in [2.75, 3.05) is 11.9 Å². The molecule has 0 heterocycles. The summed E-state index contributed by atoms with van der Waals surface area (Å²) in [4.78, 5) is 11.0. The Bertz CT molecular complexity index is 297. The predicted octanol–water partition coefficient (Wildman–Crippen LogP) is 2.56. The van der Waals surface area contributed by atoms with Crippen molar-refractivity contribution < 1.29 is 9.53 Å². The lowest BCUT2D eigenvalue weighted by Gasteiger charge is -2.06. The Labute approximate surface area is 77.7 Å². The fourth-order valence-electron chi connectivity index (χ4n) is 0.990. The smallest absolute Gasteiger partial charge is 0.411 e. The van der Waals surface area contributed by atoms with Crippen LogP contribution < -0.4 is 5.32 Å². The van der Waals surface area contributed by atoms with Crippen LogP contribution in [0.3, 0.4) is 0 Å². The highest BCUT2D eigenvalue weighted by Crippen LogP contribution is 2.12. The summed E-state index contributed by atoms with van der Waals surface area (Å²) < 4.78 is 4.75. The summed E-state index contributed by atoms with van der Waals surface area (Å²) in [5, 5.41) is 2.65. The van der Waals surface area contributed by atoms with Crippen LogP contribution in [0, 0.1) is 6.92 Å². The van der Waals surface area contributed by atoms with Crippen LogP contribution in [-0.2, 0) is 4.74 Å². The maximum absolute atomic E-state index is 11.0. The molecule has 0 saturated heterocycles. The molecule has 0 aromatic heterocycles. The van der Waals surface area contributed by atoms with Crippen molar-refractivity contribution in [3.8, 4) is 0 Å². The first-order valence-electron chi connectivity index (χ1n) is 4.23. The molecule has 0 aliphatic rings.